The number of benzene rings is 2. The van der Waals surface area contributed by atoms with Crippen molar-refractivity contribution >= 4 is 34.7 Å². The summed E-state index contributed by atoms with van der Waals surface area (Å²) in [4.78, 5) is 29.7. The van der Waals surface area contributed by atoms with Gasteiger partial charge in [-0.3, -0.25) is 9.59 Å². The lowest BCUT2D eigenvalue weighted by molar-refractivity contribution is -0.140. The number of rotatable bonds is 8. The highest BCUT2D eigenvalue weighted by atomic mass is 35.5. The molecule has 2 aromatic rings. The maximum Gasteiger partial charge on any atom is 0.295 e. The minimum Gasteiger partial charge on any atom is -0.507 e. The van der Waals surface area contributed by atoms with Crippen LogP contribution in [0.15, 0.2) is 42.0 Å². The smallest absolute Gasteiger partial charge is 0.295 e. The van der Waals surface area contributed by atoms with Gasteiger partial charge in [0, 0.05) is 26.3 Å². The first-order valence-electron chi connectivity index (χ1n) is 11.1. The number of halogens is 1. The molecule has 1 unspecified atom stereocenters. The van der Waals surface area contributed by atoms with Gasteiger partial charge < -0.3 is 24.4 Å². The van der Waals surface area contributed by atoms with Gasteiger partial charge in [-0.25, -0.2) is 0 Å². The number of ether oxygens (including phenoxy) is 2. The number of amides is 1. The van der Waals surface area contributed by atoms with Gasteiger partial charge >= 0.3 is 0 Å². The van der Waals surface area contributed by atoms with Crippen molar-refractivity contribution in [1.29, 1.82) is 0 Å². The van der Waals surface area contributed by atoms with Crippen LogP contribution >= 0.6 is 11.6 Å². The number of aliphatic hydroxyl groups is 1. The van der Waals surface area contributed by atoms with E-state index in [1.54, 1.807) is 12.1 Å². The van der Waals surface area contributed by atoms with Crippen molar-refractivity contribution in [3.63, 3.8) is 0 Å². The van der Waals surface area contributed by atoms with E-state index in [0.29, 0.717) is 10.6 Å². The van der Waals surface area contributed by atoms with Crippen molar-refractivity contribution in [2.45, 2.75) is 32.9 Å². The normalized spacial score (nSPS) is 17.5. The summed E-state index contributed by atoms with van der Waals surface area (Å²) >= 11 is 6.34. The lowest BCUT2D eigenvalue weighted by atomic mass is 9.94. The quantitative estimate of drug-likeness (QED) is 0.334. The van der Waals surface area contributed by atoms with Crippen molar-refractivity contribution in [3.8, 4) is 5.75 Å². The first-order chi connectivity index (χ1) is 16.1. The lowest BCUT2D eigenvalue weighted by Gasteiger charge is -2.26. The van der Waals surface area contributed by atoms with Crippen LogP contribution in [0.4, 0.5) is 5.69 Å². The molecule has 182 valence electrons. The summed E-state index contributed by atoms with van der Waals surface area (Å²) in [6, 6.07) is 10.1. The van der Waals surface area contributed by atoms with Crippen molar-refractivity contribution in [2.24, 2.45) is 0 Å². The molecular weight excluding hydrogens is 456 g/mol. The summed E-state index contributed by atoms with van der Waals surface area (Å²) in [7, 11) is 5.29. The summed E-state index contributed by atoms with van der Waals surface area (Å²) in [5, 5.41) is 11.7. The van der Waals surface area contributed by atoms with E-state index in [-0.39, 0.29) is 41.9 Å². The van der Waals surface area contributed by atoms with E-state index in [4.69, 9.17) is 21.1 Å². The van der Waals surface area contributed by atoms with Gasteiger partial charge in [0.15, 0.2) is 0 Å². The van der Waals surface area contributed by atoms with Crippen LogP contribution in [0.5, 0.6) is 5.75 Å². The predicted molar refractivity (Wildman–Crippen MR) is 134 cm³/mol. The minimum atomic E-state index is -0.782. The molecule has 0 aromatic heterocycles. The number of nitrogens with zero attached hydrogens (tertiary/aromatic N) is 2. The standard InChI is InChI=1S/C26H31ClN2O5/c1-15(2)34-12-11-29-22(17-7-9-18(10-8-17)28(4)5)21(24(31)26(29)32)23(30)19-13-16(3)14-20(27)25(19)33-6/h7-10,13-15,22,30H,11-12H2,1-6H3/b23-21+. The predicted octanol–water partition coefficient (Wildman–Crippen LogP) is 4.57. The summed E-state index contributed by atoms with van der Waals surface area (Å²) in [6.45, 7) is 6.09. The molecule has 1 amide bonds. The Morgan fingerprint density at radius 1 is 1.18 bits per heavy atom. The van der Waals surface area contributed by atoms with E-state index in [0.717, 1.165) is 11.3 Å². The molecule has 0 bridgehead atoms. The van der Waals surface area contributed by atoms with Crippen LogP contribution in [0.2, 0.25) is 5.02 Å². The van der Waals surface area contributed by atoms with Gasteiger partial charge in [0.2, 0.25) is 0 Å². The first-order valence-corrected chi connectivity index (χ1v) is 11.5. The second-order valence-electron chi connectivity index (χ2n) is 8.73. The zero-order chi connectivity index (χ0) is 25.2. The summed E-state index contributed by atoms with van der Waals surface area (Å²) < 4.78 is 11.1. The van der Waals surface area contributed by atoms with Gasteiger partial charge in [-0.05, 0) is 56.2 Å². The number of hydrogen-bond acceptors (Lipinski definition) is 6. The molecule has 0 saturated carbocycles. The van der Waals surface area contributed by atoms with Gasteiger partial charge in [0.1, 0.15) is 11.5 Å². The molecule has 1 N–H and O–H groups in total. The molecule has 0 aliphatic carbocycles. The topological polar surface area (TPSA) is 79.3 Å². The fourth-order valence-corrected chi connectivity index (χ4v) is 4.41. The molecule has 1 aliphatic heterocycles. The number of methoxy groups -OCH3 is 1. The molecule has 7 nitrogen and oxygen atoms in total. The Bertz CT molecular complexity index is 1110. The SMILES string of the molecule is COc1c(Cl)cc(C)cc1/C(O)=C1\C(=O)C(=O)N(CCOC(C)C)C1c1ccc(N(C)C)cc1. The average molecular weight is 487 g/mol. The van der Waals surface area contributed by atoms with Gasteiger partial charge in [0.25, 0.3) is 11.7 Å². The molecule has 1 fully saturated rings. The van der Waals surface area contributed by atoms with E-state index in [1.165, 1.54) is 12.0 Å². The summed E-state index contributed by atoms with van der Waals surface area (Å²) in [5.41, 5.74) is 2.70. The number of likely N-dealkylation sites (tertiary alicyclic amines) is 1. The van der Waals surface area contributed by atoms with Crippen LogP contribution in [0.1, 0.15) is 36.6 Å². The van der Waals surface area contributed by atoms with Gasteiger partial charge in [0.05, 0.1) is 42.0 Å². The number of hydrogen-bond donors (Lipinski definition) is 1. The lowest BCUT2D eigenvalue weighted by Crippen LogP contribution is -2.33. The molecular formula is C26H31ClN2O5. The maximum absolute atomic E-state index is 13.2. The summed E-state index contributed by atoms with van der Waals surface area (Å²) in [6.07, 6.45) is -0.0201. The van der Waals surface area contributed by atoms with Crippen LogP contribution in [0, 0.1) is 6.92 Å². The van der Waals surface area contributed by atoms with Crippen LogP contribution in [-0.2, 0) is 14.3 Å². The van der Waals surface area contributed by atoms with Gasteiger partial charge in [-0.1, -0.05) is 23.7 Å². The van der Waals surface area contributed by atoms with Crippen molar-refractivity contribution in [3.05, 3.63) is 63.7 Å². The number of anilines is 1. The van der Waals surface area contributed by atoms with E-state index >= 15 is 0 Å². The Balaban J connectivity index is 2.19. The molecule has 1 saturated heterocycles. The Morgan fingerprint density at radius 2 is 1.82 bits per heavy atom. The van der Waals surface area contributed by atoms with Gasteiger partial charge in [-0.2, -0.15) is 0 Å². The molecule has 0 spiro atoms. The highest BCUT2D eigenvalue weighted by Crippen LogP contribution is 2.42. The second-order valence-corrected chi connectivity index (χ2v) is 9.13. The Morgan fingerprint density at radius 3 is 2.38 bits per heavy atom. The highest BCUT2D eigenvalue weighted by molar-refractivity contribution is 6.46. The Hall–Kier alpha value is -3.03. The van der Waals surface area contributed by atoms with Crippen molar-refractivity contribution in [1.82, 2.24) is 4.90 Å². The van der Waals surface area contributed by atoms with E-state index in [2.05, 4.69) is 0 Å². The highest BCUT2D eigenvalue weighted by Gasteiger charge is 2.46. The van der Waals surface area contributed by atoms with Crippen LogP contribution in [0.3, 0.4) is 0 Å². The number of aliphatic hydroxyl groups excluding tert-OH is 1. The van der Waals surface area contributed by atoms with Crippen LogP contribution in [0.25, 0.3) is 5.76 Å². The molecule has 0 radical (unpaired) electrons. The summed E-state index contributed by atoms with van der Waals surface area (Å²) in [5.74, 6) is -1.53. The molecule has 3 rings (SSSR count). The molecule has 1 heterocycles. The zero-order valence-corrected chi connectivity index (χ0v) is 21.1. The number of Topliss-reactive ketones (excluding diaryl/α,β-unsaturated/α-hetero) is 1. The van der Waals surface area contributed by atoms with Crippen molar-refractivity contribution in [2.75, 3.05) is 39.3 Å². The van der Waals surface area contributed by atoms with Crippen LogP contribution in [-0.4, -0.2) is 62.2 Å². The largest absolute Gasteiger partial charge is 0.507 e. The van der Waals surface area contributed by atoms with Gasteiger partial charge in [-0.15, -0.1) is 0 Å². The molecule has 1 atom stereocenters. The minimum absolute atomic E-state index is 0.00730. The average Bonchev–Trinajstić information content (AvgIpc) is 3.03. The third-order valence-corrected chi connectivity index (χ3v) is 5.98. The molecule has 34 heavy (non-hydrogen) atoms. The Labute approximate surface area is 205 Å². The van der Waals surface area contributed by atoms with E-state index in [9.17, 15) is 14.7 Å². The zero-order valence-electron chi connectivity index (χ0n) is 20.4. The number of carbonyl (C=O) groups is 2. The molecule has 2 aromatic carbocycles. The first kappa shape index (κ1) is 25.6. The number of ketones is 1. The van der Waals surface area contributed by atoms with E-state index < -0.39 is 17.7 Å². The third kappa shape index (κ3) is 5.05. The second kappa shape index (κ2) is 10.5. The van der Waals surface area contributed by atoms with Crippen molar-refractivity contribution < 1.29 is 24.2 Å². The monoisotopic (exact) mass is 486 g/mol. The number of carbonyl (C=O) groups excluding carboxylic acids is 2. The Kier molecular flexibility index (Phi) is 7.89. The molecule has 1 aliphatic rings. The fraction of sp³-hybridized carbons (Fsp3) is 0.385. The van der Waals surface area contributed by atoms with Crippen LogP contribution < -0.4 is 9.64 Å². The van der Waals surface area contributed by atoms with E-state index in [1.807, 2.05) is 64.0 Å². The third-order valence-electron chi connectivity index (χ3n) is 5.70. The number of aryl methyl sites for hydroxylation is 1. The fourth-order valence-electron chi connectivity index (χ4n) is 4.06. The molecule has 8 heteroatoms. The maximum atomic E-state index is 13.2.